The van der Waals surface area contributed by atoms with Crippen molar-refractivity contribution in [1.82, 2.24) is 5.32 Å². The van der Waals surface area contributed by atoms with Crippen molar-refractivity contribution in [3.63, 3.8) is 0 Å². The highest BCUT2D eigenvalue weighted by atomic mass is 32.2. The third-order valence-electron chi connectivity index (χ3n) is 2.58. The van der Waals surface area contributed by atoms with Crippen molar-refractivity contribution in [1.29, 1.82) is 0 Å². The van der Waals surface area contributed by atoms with E-state index in [0.717, 1.165) is 6.26 Å². The molecule has 0 aromatic rings. The summed E-state index contributed by atoms with van der Waals surface area (Å²) in [5, 5.41) is 14.1. The molecule has 17 heavy (non-hydrogen) atoms. The van der Waals surface area contributed by atoms with E-state index in [-0.39, 0.29) is 5.84 Å². The molecule has 0 spiro atoms. The molecular formula is C9H19N3O4S. The van der Waals surface area contributed by atoms with E-state index in [1.165, 1.54) is 0 Å². The van der Waals surface area contributed by atoms with Gasteiger partial charge in [-0.1, -0.05) is 19.0 Å². The summed E-state index contributed by atoms with van der Waals surface area (Å²) in [7, 11) is -3.40. The lowest BCUT2D eigenvalue weighted by atomic mass is 9.91. The van der Waals surface area contributed by atoms with Crippen LogP contribution < -0.4 is 11.1 Å². The molecule has 1 amide bonds. The summed E-state index contributed by atoms with van der Waals surface area (Å²) < 4.78 is 21.9. The molecule has 8 heteroatoms. The standard InChI is InChI=1S/C9H19N3O4S/c1-4-9(5-2,8(10)12-14)11-7(13)6-17(3,15)16/h14H,4-6H2,1-3H3,(H2,10,12)(H,11,13). The first-order valence-corrected chi connectivity index (χ1v) is 7.23. The van der Waals surface area contributed by atoms with Gasteiger partial charge in [-0.25, -0.2) is 8.42 Å². The Hall–Kier alpha value is -1.31. The van der Waals surface area contributed by atoms with Crippen LogP contribution >= 0.6 is 0 Å². The van der Waals surface area contributed by atoms with Crippen LogP contribution in [0.1, 0.15) is 26.7 Å². The van der Waals surface area contributed by atoms with E-state index in [4.69, 9.17) is 10.9 Å². The van der Waals surface area contributed by atoms with Crippen LogP contribution in [-0.2, 0) is 14.6 Å². The van der Waals surface area contributed by atoms with Crippen molar-refractivity contribution in [3.05, 3.63) is 0 Å². The molecule has 0 atom stereocenters. The van der Waals surface area contributed by atoms with Gasteiger partial charge in [0.2, 0.25) is 5.91 Å². The van der Waals surface area contributed by atoms with Crippen molar-refractivity contribution in [2.24, 2.45) is 10.9 Å². The molecule has 0 rings (SSSR count). The Labute approximate surface area is 101 Å². The number of carbonyl (C=O) groups excluding carboxylic acids is 1. The number of hydrogen-bond acceptors (Lipinski definition) is 5. The first-order valence-electron chi connectivity index (χ1n) is 5.17. The topological polar surface area (TPSA) is 122 Å². The highest BCUT2D eigenvalue weighted by Crippen LogP contribution is 2.15. The Morgan fingerprint density at radius 2 is 1.88 bits per heavy atom. The number of amidine groups is 1. The maximum atomic E-state index is 11.5. The third-order valence-corrected chi connectivity index (χ3v) is 3.36. The molecule has 0 saturated heterocycles. The van der Waals surface area contributed by atoms with Crippen molar-refractivity contribution >= 4 is 21.6 Å². The smallest absolute Gasteiger partial charge is 0.235 e. The number of nitrogens with one attached hydrogen (secondary N) is 1. The molecule has 4 N–H and O–H groups in total. The van der Waals surface area contributed by atoms with Gasteiger partial charge in [-0.2, -0.15) is 0 Å². The maximum Gasteiger partial charge on any atom is 0.235 e. The fourth-order valence-electron chi connectivity index (χ4n) is 1.49. The molecule has 0 fully saturated rings. The van der Waals surface area contributed by atoms with Crippen LogP contribution in [0.4, 0.5) is 0 Å². The van der Waals surface area contributed by atoms with Gasteiger partial charge in [0.25, 0.3) is 0 Å². The Balaban J connectivity index is 4.96. The minimum atomic E-state index is -3.40. The van der Waals surface area contributed by atoms with Crippen LogP contribution in [0.25, 0.3) is 0 Å². The number of hydrogen-bond donors (Lipinski definition) is 3. The zero-order chi connectivity index (χ0) is 13.7. The van der Waals surface area contributed by atoms with Crippen LogP contribution in [0.3, 0.4) is 0 Å². The summed E-state index contributed by atoms with van der Waals surface area (Å²) in [4.78, 5) is 11.5. The van der Waals surface area contributed by atoms with Crippen LogP contribution in [-0.4, -0.2) is 42.9 Å². The van der Waals surface area contributed by atoms with Crippen LogP contribution in [0.2, 0.25) is 0 Å². The summed E-state index contributed by atoms with van der Waals surface area (Å²) in [5.41, 5.74) is 4.52. The van der Waals surface area contributed by atoms with Gasteiger partial charge in [-0.3, -0.25) is 4.79 Å². The molecule has 0 radical (unpaired) electrons. The number of sulfone groups is 1. The van der Waals surface area contributed by atoms with Gasteiger partial charge in [0.1, 0.15) is 11.3 Å². The second-order valence-corrected chi connectivity index (χ2v) is 6.03. The first-order chi connectivity index (χ1) is 7.70. The lowest BCUT2D eigenvalue weighted by molar-refractivity contribution is -0.119. The quantitative estimate of drug-likeness (QED) is 0.257. The van der Waals surface area contributed by atoms with Crippen LogP contribution in [0, 0.1) is 0 Å². The largest absolute Gasteiger partial charge is 0.409 e. The van der Waals surface area contributed by atoms with Gasteiger partial charge >= 0.3 is 0 Å². The summed E-state index contributed by atoms with van der Waals surface area (Å²) in [5.74, 6) is -1.42. The minimum Gasteiger partial charge on any atom is -0.409 e. The third kappa shape index (κ3) is 4.59. The number of nitrogens with zero attached hydrogens (tertiary/aromatic N) is 1. The number of carbonyl (C=O) groups is 1. The molecule has 0 aliphatic heterocycles. The minimum absolute atomic E-state index is 0.135. The molecule has 0 heterocycles. The molecule has 0 saturated carbocycles. The Bertz CT molecular complexity index is 398. The predicted octanol–water partition coefficient (Wildman–Crippen LogP) is -0.548. The van der Waals surface area contributed by atoms with Gasteiger partial charge in [-0.15, -0.1) is 0 Å². The van der Waals surface area contributed by atoms with E-state index in [1.807, 2.05) is 0 Å². The molecule has 0 bridgehead atoms. The fourth-order valence-corrected chi connectivity index (χ4v) is 2.04. The van der Waals surface area contributed by atoms with E-state index in [0.29, 0.717) is 12.8 Å². The second-order valence-electron chi connectivity index (χ2n) is 3.89. The number of rotatable bonds is 6. The van der Waals surface area contributed by atoms with Crippen molar-refractivity contribution in [2.45, 2.75) is 32.2 Å². The maximum absolute atomic E-state index is 11.5. The predicted molar refractivity (Wildman–Crippen MR) is 64.6 cm³/mol. The zero-order valence-electron chi connectivity index (χ0n) is 10.2. The highest BCUT2D eigenvalue weighted by Gasteiger charge is 2.33. The molecule has 100 valence electrons. The van der Waals surface area contributed by atoms with E-state index in [2.05, 4.69) is 10.5 Å². The Morgan fingerprint density at radius 3 is 2.18 bits per heavy atom. The normalized spacial score (nSPS) is 13.5. The Kier molecular flexibility index (Phi) is 5.40. The zero-order valence-corrected chi connectivity index (χ0v) is 11.0. The van der Waals surface area contributed by atoms with Gasteiger partial charge in [-0.05, 0) is 12.8 Å². The van der Waals surface area contributed by atoms with Crippen LogP contribution in [0.15, 0.2) is 5.16 Å². The SMILES string of the molecule is CCC(CC)(NC(=O)CS(C)(=O)=O)C(N)=NO. The van der Waals surface area contributed by atoms with Crippen molar-refractivity contribution in [2.75, 3.05) is 12.0 Å². The Morgan fingerprint density at radius 1 is 1.41 bits per heavy atom. The average Bonchev–Trinajstić information content (AvgIpc) is 2.22. The van der Waals surface area contributed by atoms with Crippen LogP contribution in [0.5, 0.6) is 0 Å². The number of nitrogens with two attached hydrogens (primary N) is 1. The fraction of sp³-hybridized carbons (Fsp3) is 0.778. The van der Waals surface area contributed by atoms with E-state index in [9.17, 15) is 13.2 Å². The van der Waals surface area contributed by atoms with Gasteiger partial charge in [0.15, 0.2) is 15.7 Å². The lowest BCUT2D eigenvalue weighted by Gasteiger charge is -2.31. The first kappa shape index (κ1) is 15.7. The molecule has 0 aromatic heterocycles. The van der Waals surface area contributed by atoms with Crippen molar-refractivity contribution < 1.29 is 18.4 Å². The lowest BCUT2D eigenvalue weighted by Crippen LogP contribution is -2.57. The van der Waals surface area contributed by atoms with Gasteiger partial charge in [0, 0.05) is 6.26 Å². The number of amides is 1. The molecule has 0 aliphatic carbocycles. The summed E-state index contributed by atoms with van der Waals surface area (Å²) >= 11 is 0. The molecule has 0 aromatic carbocycles. The van der Waals surface area contributed by atoms with E-state index < -0.39 is 27.0 Å². The van der Waals surface area contributed by atoms with E-state index >= 15 is 0 Å². The van der Waals surface area contributed by atoms with Gasteiger partial charge in [0.05, 0.1) is 0 Å². The summed E-state index contributed by atoms with van der Waals surface area (Å²) in [6.07, 6.45) is 1.76. The molecule has 7 nitrogen and oxygen atoms in total. The molecule has 0 aliphatic rings. The molecular weight excluding hydrogens is 246 g/mol. The number of oxime groups is 1. The van der Waals surface area contributed by atoms with Gasteiger partial charge < -0.3 is 16.3 Å². The average molecular weight is 265 g/mol. The highest BCUT2D eigenvalue weighted by molar-refractivity contribution is 7.91. The monoisotopic (exact) mass is 265 g/mol. The molecule has 0 unspecified atom stereocenters. The summed E-state index contributed by atoms with van der Waals surface area (Å²) in [6.45, 7) is 3.50. The summed E-state index contributed by atoms with van der Waals surface area (Å²) in [6, 6.07) is 0. The van der Waals surface area contributed by atoms with E-state index in [1.54, 1.807) is 13.8 Å². The second kappa shape index (κ2) is 5.85. The van der Waals surface area contributed by atoms with Crippen molar-refractivity contribution in [3.8, 4) is 0 Å².